The van der Waals surface area contributed by atoms with E-state index in [4.69, 9.17) is 4.74 Å². The molecule has 55 heavy (non-hydrogen) atoms. The Balaban J connectivity index is 1.18. The average Bonchev–Trinajstić information content (AvgIpc) is 3.45. The van der Waals surface area contributed by atoms with Gasteiger partial charge in [0.25, 0.3) is 0 Å². The number of rotatable bonds is 4. The second-order valence-electron chi connectivity index (χ2n) is 16.2. The first-order valence-corrected chi connectivity index (χ1v) is 19.3. The fraction of sp³-hybridized carbons (Fsp3) is 0.115. The lowest BCUT2D eigenvalue weighted by atomic mass is 9.73. The van der Waals surface area contributed by atoms with Gasteiger partial charge in [-0.15, -0.1) is 0 Å². The van der Waals surface area contributed by atoms with Gasteiger partial charge in [0.15, 0.2) is 11.5 Å². The van der Waals surface area contributed by atoms with E-state index in [1.54, 1.807) is 0 Å². The zero-order valence-corrected chi connectivity index (χ0v) is 31.5. The molecule has 8 aromatic rings. The summed E-state index contributed by atoms with van der Waals surface area (Å²) in [6.45, 7) is 9.42. The Hall–Kier alpha value is -6.58. The summed E-state index contributed by atoms with van der Waals surface area (Å²) in [4.78, 5) is 4.96. The van der Waals surface area contributed by atoms with Crippen molar-refractivity contribution in [3.63, 3.8) is 0 Å². The number of benzene rings is 8. The molecule has 2 aliphatic heterocycles. The van der Waals surface area contributed by atoms with Crippen LogP contribution in [-0.2, 0) is 10.8 Å². The van der Waals surface area contributed by atoms with Crippen molar-refractivity contribution in [2.75, 3.05) is 9.80 Å². The fourth-order valence-electron chi connectivity index (χ4n) is 9.67. The van der Waals surface area contributed by atoms with Gasteiger partial charge in [-0.1, -0.05) is 155 Å². The minimum atomic E-state index is -0.267. The molecule has 3 heteroatoms. The standard InChI is InChI=1S/C52H40N2O/c1-51(2)41-21-12-10-20-39(41)40-28-26-35(31-44(40)51)53(45-23-13-11-18-37(45)33-15-6-5-7-16-33)36-27-29-42-46(32-36)54-49-38-19-9-8-17-34(38)25-30-48(49)55-47-24-14-22-43(50(47)54)52(42,3)4/h5-32H,1-4H3. The second kappa shape index (κ2) is 11.5. The molecule has 2 heterocycles. The van der Waals surface area contributed by atoms with Crippen molar-refractivity contribution in [1.82, 2.24) is 0 Å². The molecule has 0 saturated heterocycles. The molecule has 0 bridgehead atoms. The molecule has 1 aliphatic carbocycles. The van der Waals surface area contributed by atoms with Gasteiger partial charge in [-0.2, -0.15) is 0 Å². The van der Waals surface area contributed by atoms with Crippen LogP contribution in [0.3, 0.4) is 0 Å². The average molecular weight is 709 g/mol. The minimum absolute atomic E-state index is 0.134. The van der Waals surface area contributed by atoms with Crippen LogP contribution in [-0.4, -0.2) is 0 Å². The van der Waals surface area contributed by atoms with Crippen molar-refractivity contribution in [3.8, 4) is 33.8 Å². The monoisotopic (exact) mass is 708 g/mol. The molecule has 264 valence electrons. The molecule has 0 fully saturated rings. The van der Waals surface area contributed by atoms with Crippen LogP contribution in [0, 0.1) is 0 Å². The summed E-state index contributed by atoms with van der Waals surface area (Å²) in [7, 11) is 0. The third kappa shape index (κ3) is 4.50. The third-order valence-electron chi connectivity index (χ3n) is 12.4. The van der Waals surface area contributed by atoms with E-state index in [0.717, 1.165) is 39.9 Å². The lowest BCUT2D eigenvalue weighted by Gasteiger charge is -2.45. The lowest BCUT2D eigenvalue weighted by Crippen LogP contribution is -2.32. The zero-order valence-electron chi connectivity index (χ0n) is 31.5. The molecule has 3 aliphatic rings. The quantitative estimate of drug-likeness (QED) is 0.181. The molecule has 0 unspecified atom stereocenters. The highest BCUT2D eigenvalue weighted by molar-refractivity contribution is 6.06. The Kier molecular flexibility index (Phi) is 6.65. The van der Waals surface area contributed by atoms with E-state index in [2.05, 4.69) is 207 Å². The molecule has 0 amide bonds. The smallest absolute Gasteiger partial charge is 0.152 e. The fourth-order valence-corrected chi connectivity index (χ4v) is 9.67. The van der Waals surface area contributed by atoms with Gasteiger partial charge < -0.3 is 14.5 Å². The number of nitrogens with zero attached hydrogens (tertiary/aromatic N) is 2. The third-order valence-corrected chi connectivity index (χ3v) is 12.4. The molecule has 3 nitrogen and oxygen atoms in total. The van der Waals surface area contributed by atoms with Gasteiger partial charge in [-0.3, -0.25) is 0 Å². The predicted octanol–water partition coefficient (Wildman–Crippen LogP) is 14.5. The second-order valence-corrected chi connectivity index (χ2v) is 16.2. The van der Waals surface area contributed by atoms with E-state index >= 15 is 0 Å². The summed E-state index contributed by atoms with van der Waals surface area (Å²) in [6.07, 6.45) is 0. The highest BCUT2D eigenvalue weighted by Crippen LogP contribution is 2.62. The van der Waals surface area contributed by atoms with Gasteiger partial charge in [-0.05, 0) is 86.8 Å². The largest absolute Gasteiger partial charge is 0.453 e. The lowest BCUT2D eigenvalue weighted by molar-refractivity contribution is 0.472. The maximum absolute atomic E-state index is 6.76. The molecular formula is C52H40N2O. The van der Waals surface area contributed by atoms with Crippen molar-refractivity contribution in [2.45, 2.75) is 38.5 Å². The van der Waals surface area contributed by atoms with Gasteiger partial charge in [0.1, 0.15) is 0 Å². The number of para-hydroxylation sites is 2. The van der Waals surface area contributed by atoms with Gasteiger partial charge >= 0.3 is 0 Å². The summed E-state index contributed by atoms with van der Waals surface area (Å²) in [5.74, 6) is 1.75. The first-order valence-electron chi connectivity index (χ1n) is 19.3. The first-order chi connectivity index (χ1) is 26.8. The van der Waals surface area contributed by atoms with Crippen molar-refractivity contribution < 1.29 is 4.74 Å². The maximum Gasteiger partial charge on any atom is 0.152 e. The predicted molar refractivity (Wildman–Crippen MR) is 229 cm³/mol. The van der Waals surface area contributed by atoms with Crippen molar-refractivity contribution in [3.05, 3.63) is 192 Å². The summed E-state index contributed by atoms with van der Waals surface area (Å²) < 4.78 is 6.76. The summed E-state index contributed by atoms with van der Waals surface area (Å²) in [5.41, 5.74) is 16.6. The summed E-state index contributed by atoms with van der Waals surface area (Å²) >= 11 is 0. The van der Waals surface area contributed by atoms with Crippen LogP contribution >= 0.6 is 0 Å². The van der Waals surface area contributed by atoms with Gasteiger partial charge in [0, 0.05) is 33.2 Å². The normalized spacial score (nSPS) is 14.9. The Bertz CT molecular complexity index is 2870. The highest BCUT2D eigenvalue weighted by Gasteiger charge is 2.43. The van der Waals surface area contributed by atoms with Crippen LogP contribution in [0.1, 0.15) is 49.9 Å². The molecule has 0 radical (unpaired) electrons. The van der Waals surface area contributed by atoms with E-state index in [0.29, 0.717) is 0 Å². The Morgan fingerprint density at radius 1 is 0.455 bits per heavy atom. The number of fused-ring (bicyclic) bond motifs is 9. The van der Waals surface area contributed by atoms with Crippen LogP contribution in [0.15, 0.2) is 170 Å². The number of hydrogen-bond acceptors (Lipinski definition) is 3. The Morgan fingerprint density at radius 2 is 1.11 bits per heavy atom. The van der Waals surface area contributed by atoms with Crippen LogP contribution in [0.25, 0.3) is 33.0 Å². The molecule has 0 N–H and O–H groups in total. The highest BCUT2D eigenvalue weighted by atomic mass is 16.5. The summed E-state index contributed by atoms with van der Waals surface area (Å²) in [5, 5.41) is 2.36. The molecule has 11 rings (SSSR count). The van der Waals surface area contributed by atoms with Gasteiger partial charge in [0.05, 0.1) is 22.7 Å². The number of anilines is 6. The van der Waals surface area contributed by atoms with Crippen LogP contribution in [0.2, 0.25) is 0 Å². The molecule has 8 aromatic carbocycles. The SMILES string of the molecule is CC1(C)c2ccccc2-c2ccc(N(c3ccc4c(c3)N3c5c(cccc5C4(C)C)Oc4ccc5ccccc5c43)c3ccccc3-c3ccccc3)cc21. The molecule has 0 saturated carbocycles. The molecular weight excluding hydrogens is 669 g/mol. The van der Waals surface area contributed by atoms with E-state index in [9.17, 15) is 0 Å². The number of ether oxygens (including phenoxy) is 1. The van der Waals surface area contributed by atoms with Crippen LogP contribution in [0.4, 0.5) is 34.1 Å². The molecule has 0 atom stereocenters. The van der Waals surface area contributed by atoms with Crippen LogP contribution in [0.5, 0.6) is 11.5 Å². The van der Waals surface area contributed by atoms with Crippen molar-refractivity contribution >= 4 is 44.9 Å². The van der Waals surface area contributed by atoms with Crippen molar-refractivity contribution in [2.24, 2.45) is 0 Å². The topological polar surface area (TPSA) is 15.7 Å². The summed E-state index contributed by atoms with van der Waals surface area (Å²) in [6, 6.07) is 62.2. The van der Waals surface area contributed by atoms with E-state index in [1.165, 1.54) is 61.0 Å². The number of hydrogen-bond donors (Lipinski definition) is 0. The van der Waals surface area contributed by atoms with Crippen LogP contribution < -0.4 is 14.5 Å². The van der Waals surface area contributed by atoms with Gasteiger partial charge in [-0.25, -0.2) is 0 Å². The molecule has 0 spiro atoms. The maximum atomic E-state index is 6.76. The first kappa shape index (κ1) is 31.9. The van der Waals surface area contributed by atoms with E-state index < -0.39 is 0 Å². The minimum Gasteiger partial charge on any atom is -0.453 e. The Morgan fingerprint density at radius 3 is 1.98 bits per heavy atom. The molecule has 0 aromatic heterocycles. The van der Waals surface area contributed by atoms with E-state index in [-0.39, 0.29) is 10.8 Å². The Labute approximate surface area is 322 Å². The van der Waals surface area contributed by atoms with Gasteiger partial charge in [0.2, 0.25) is 0 Å². The van der Waals surface area contributed by atoms with E-state index in [1.807, 2.05) is 0 Å². The van der Waals surface area contributed by atoms with Crippen molar-refractivity contribution in [1.29, 1.82) is 0 Å². The zero-order chi connectivity index (χ0) is 37.1.